The van der Waals surface area contributed by atoms with E-state index in [2.05, 4.69) is 220 Å². The van der Waals surface area contributed by atoms with Crippen LogP contribution in [-0.4, -0.2) is 32.5 Å². The van der Waals surface area contributed by atoms with Crippen molar-refractivity contribution < 1.29 is 4.79 Å². The summed E-state index contributed by atoms with van der Waals surface area (Å²) in [5.74, 6) is -0.317. The summed E-state index contributed by atoms with van der Waals surface area (Å²) in [5.41, 5.74) is 24.1. The van der Waals surface area contributed by atoms with Crippen molar-refractivity contribution in [1.82, 2.24) is 15.0 Å². The number of carbonyl (C=O) groups is 1. The van der Waals surface area contributed by atoms with Crippen LogP contribution >= 0.6 is 0 Å². The highest BCUT2D eigenvalue weighted by atomic mass is 16.1. The van der Waals surface area contributed by atoms with Gasteiger partial charge in [-0.2, -0.15) is 0 Å². The van der Waals surface area contributed by atoms with Crippen molar-refractivity contribution in [3.05, 3.63) is 201 Å². The van der Waals surface area contributed by atoms with E-state index in [1.165, 1.54) is 50.1 Å². The zero-order valence-corrected chi connectivity index (χ0v) is 50.9. The van der Waals surface area contributed by atoms with Gasteiger partial charge in [0.2, 0.25) is 0 Å². The molecule has 6 heteroatoms. The number of hydrogen-bond donors (Lipinski definition) is 2. The van der Waals surface area contributed by atoms with Gasteiger partial charge in [0.25, 0.3) is 0 Å². The second kappa shape index (κ2) is 16.0. The van der Waals surface area contributed by atoms with Crippen LogP contribution in [-0.2, 0) is 21.7 Å². The molecular formula is C76H72N4O2. The Labute approximate surface area is 479 Å². The summed E-state index contributed by atoms with van der Waals surface area (Å²) in [6.45, 7) is 40.6. The molecule has 408 valence electrons. The first-order chi connectivity index (χ1) is 38.5. The van der Waals surface area contributed by atoms with E-state index in [-0.39, 0.29) is 38.8 Å². The number of carbonyl (C=O) groups excluding carboxylic acids is 1. The third-order valence-corrected chi connectivity index (χ3v) is 19.3. The van der Waals surface area contributed by atoms with Crippen LogP contribution in [0.3, 0.4) is 0 Å². The number of nitrogens with zero attached hydrogens (tertiary/aromatic N) is 2. The largest absolute Gasteiger partial charge is 0.357 e. The first kappa shape index (κ1) is 51.0. The molecule has 0 spiro atoms. The van der Waals surface area contributed by atoms with Crippen LogP contribution in [0.5, 0.6) is 0 Å². The minimum atomic E-state index is -0.573. The number of fused-ring (bicyclic) bond motifs is 5. The Morgan fingerprint density at radius 1 is 0.488 bits per heavy atom. The van der Waals surface area contributed by atoms with E-state index in [1.54, 1.807) is 0 Å². The Kier molecular flexibility index (Phi) is 9.93. The predicted octanol–water partition coefficient (Wildman–Crippen LogP) is 16.5. The quantitative estimate of drug-likeness (QED) is 0.181. The third kappa shape index (κ3) is 6.75. The van der Waals surface area contributed by atoms with Gasteiger partial charge in [0.15, 0.2) is 11.2 Å². The number of allylic oxidation sites excluding steroid dienone is 1. The fourth-order valence-electron chi connectivity index (χ4n) is 15.8. The number of benzene rings is 6. The van der Waals surface area contributed by atoms with Gasteiger partial charge in [-0.05, 0) is 200 Å². The molecule has 8 bridgehead atoms. The van der Waals surface area contributed by atoms with E-state index in [0.717, 1.165) is 115 Å². The Morgan fingerprint density at radius 2 is 1.07 bits per heavy atom. The van der Waals surface area contributed by atoms with E-state index in [1.807, 2.05) is 0 Å². The number of hydrogen-bond acceptors (Lipinski definition) is 4. The van der Waals surface area contributed by atoms with E-state index in [0.29, 0.717) is 32.9 Å². The molecule has 2 aliphatic carbocycles. The first-order valence-corrected chi connectivity index (χ1v) is 29.6. The molecule has 2 unspecified atom stereocenters. The highest BCUT2D eigenvalue weighted by Crippen LogP contribution is 2.59. The van der Waals surface area contributed by atoms with Gasteiger partial charge < -0.3 is 9.97 Å². The van der Waals surface area contributed by atoms with E-state index < -0.39 is 6.04 Å². The number of rotatable bonds is 2. The number of nitrogens with one attached hydrogen (secondary N) is 2. The molecule has 0 amide bonds. The summed E-state index contributed by atoms with van der Waals surface area (Å²) in [5, 5.41) is 11.4. The summed E-state index contributed by atoms with van der Waals surface area (Å²) in [4.78, 5) is 52.9. The summed E-state index contributed by atoms with van der Waals surface area (Å²) in [6, 6.07) is 29.3. The number of aliphatic imine (C=N–C) groups is 1. The number of H-pyrrole nitrogens is 2. The molecule has 0 fully saturated rings. The van der Waals surface area contributed by atoms with Crippen molar-refractivity contribution >= 4 is 87.5 Å². The molecule has 2 atom stereocenters. The average molecular weight is 1070 g/mol. The molecule has 6 nitrogen and oxygen atoms in total. The highest BCUT2D eigenvalue weighted by Gasteiger charge is 2.48. The van der Waals surface area contributed by atoms with Gasteiger partial charge in [-0.25, -0.2) is 4.98 Å². The van der Waals surface area contributed by atoms with Gasteiger partial charge in [0, 0.05) is 71.5 Å². The summed E-state index contributed by atoms with van der Waals surface area (Å²) >= 11 is 0. The van der Waals surface area contributed by atoms with Crippen molar-refractivity contribution in [2.24, 2.45) is 4.99 Å². The number of aromatic nitrogens is 3. The fraction of sp³-hybridized carbons (Fsp3) is 0.316. The SMILES string of the molecule is Cc1cc(C)c(C2=c3cc4c(=O)c5cc(C(C)(C)C)cc6cc(C(C)(C)C)c7c8cc([nH]c8c(c4n3)c7c65)=C(c3c(C)cc(C)cc3C)c3cc4c([nH]3)C3c5c-4c(C(C)(C)C)cc4cc(C(C)(C)C)cc(c54)C(=O)C4=CC2=NC43)c(C)c1. The topological polar surface area (TPSA) is 91.0 Å². The van der Waals surface area contributed by atoms with Crippen molar-refractivity contribution in [2.75, 3.05) is 0 Å². The van der Waals surface area contributed by atoms with Gasteiger partial charge in [0.05, 0.1) is 39.4 Å². The molecular weight excluding hydrogens is 1000 g/mol. The molecule has 0 saturated carbocycles. The van der Waals surface area contributed by atoms with Gasteiger partial charge in [0.1, 0.15) is 0 Å². The Bertz CT molecular complexity index is 5070. The van der Waals surface area contributed by atoms with Crippen molar-refractivity contribution in [3.8, 4) is 11.1 Å². The van der Waals surface area contributed by atoms with Crippen molar-refractivity contribution in [2.45, 2.75) is 158 Å². The van der Waals surface area contributed by atoms with Crippen LogP contribution in [0.15, 0.2) is 100 Å². The molecule has 3 aromatic heterocycles. The lowest BCUT2D eigenvalue weighted by molar-refractivity contribution is 0.103. The number of aryl methyl sites for hydroxylation is 6. The minimum absolute atomic E-state index is 0.0108. The lowest BCUT2D eigenvalue weighted by Crippen LogP contribution is -2.21. The van der Waals surface area contributed by atoms with E-state index in [4.69, 9.17) is 9.98 Å². The van der Waals surface area contributed by atoms with Gasteiger partial charge in [-0.3, -0.25) is 14.6 Å². The van der Waals surface area contributed by atoms with E-state index in [9.17, 15) is 0 Å². The first-order valence-electron chi connectivity index (χ1n) is 29.6. The summed E-state index contributed by atoms with van der Waals surface area (Å²) < 4.78 is 0. The fourth-order valence-corrected chi connectivity index (χ4v) is 15.8. The second-order valence-corrected chi connectivity index (χ2v) is 29.4. The monoisotopic (exact) mass is 1070 g/mol. The molecule has 0 radical (unpaired) electrons. The van der Waals surface area contributed by atoms with Crippen LogP contribution in [0, 0.1) is 41.5 Å². The average Bonchev–Trinajstić information content (AvgIpc) is 1.65. The molecule has 8 aromatic carbocycles. The number of Topliss-reactive ketones (excluding diaryl/α,β-unsaturated/α-hetero) is 1. The predicted molar refractivity (Wildman–Crippen MR) is 343 cm³/mol. The maximum absolute atomic E-state index is 16.3. The van der Waals surface area contributed by atoms with Crippen LogP contribution in [0.1, 0.15) is 183 Å². The zero-order chi connectivity index (χ0) is 57.8. The molecule has 82 heavy (non-hydrogen) atoms. The number of aromatic amines is 2. The molecule has 11 aromatic rings. The second-order valence-electron chi connectivity index (χ2n) is 29.4. The molecule has 15 rings (SSSR count). The maximum Gasteiger partial charge on any atom is 0.195 e. The lowest BCUT2D eigenvalue weighted by atomic mass is 9.77. The minimum Gasteiger partial charge on any atom is -0.357 e. The van der Waals surface area contributed by atoms with Crippen LogP contribution < -0.4 is 16.1 Å². The third-order valence-electron chi connectivity index (χ3n) is 19.3. The van der Waals surface area contributed by atoms with Crippen molar-refractivity contribution in [3.63, 3.8) is 0 Å². The summed E-state index contributed by atoms with van der Waals surface area (Å²) in [6.07, 6.45) is 2.11. The lowest BCUT2D eigenvalue weighted by Gasteiger charge is -2.27. The highest BCUT2D eigenvalue weighted by molar-refractivity contribution is 6.40. The standard InChI is InChI=1S/C76H72N4O2/c1-33-19-35(3)55(36(4)20-33)61-51-29-43-59-49(75(13,14)15)25-39-23-41(73(7,8)9)27-45-57(39)63(59)65(67(43)77-51)69-47(71(45)81)31-53(79-69)62(56-37(5)21-34(2)22-38(56)6)54-32-48-70(80-54)66-64-58-40(24-42(74(10,11)12)28-46(58)72(48)82)26-50(76(16,17)18)60(64)44-30-52(61)78-68(44)66/h19-32,65,69,77-78H,1-18H3. The smallest absolute Gasteiger partial charge is 0.195 e. The zero-order valence-electron chi connectivity index (χ0n) is 50.9. The molecule has 0 saturated heterocycles. The van der Waals surface area contributed by atoms with E-state index >= 15 is 9.59 Å². The number of ketones is 1. The molecule has 4 aliphatic rings. The Morgan fingerprint density at radius 3 is 1.68 bits per heavy atom. The van der Waals surface area contributed by atoms with Crippen molar-refractivity contribution in [1.29, 1.82) is 0 Å². The Balaban J connectivity index is 1.24. The van der Waals surface area contributed by atoms with Crippen LogP contribution in [0.4, 0.5) is 0 Å². The molecule has 2 N–H and O–H groups in total. The van der Waals surface area contributed by atoms with Gasteiger partial charge in [-0.1, -0.05) is 131 Å². The van der Waals surface area contributed by atoms with Gasteiger partial charge >= 0.3 is 0 Å². The van der Waals surface area contributed by atoms with Crippen LogP contribution in [0.2, 0.25) is 0 Å². The molecule has 5 heterocycles. The van der Waals surface area contributed by atoms with Gasteiger partial charge in [-0.15, -0.1) is 0 Å². The Hall–Kier alpha value is -7.96. The summed E-state index contributed by atoms with van der Waals surface area (Å²) in [7, 11) is 0. The maximum atomic E-state index is 16.3. The van der Waals surface area contributed by atoms with Crippen LogP contribution in [0.25, 0.3) is 87.2 Å². The molecule has 2 aliphatic heterocycles. The normalized spacial score (nSPS) is 17.1.